The molecule has 0 bridgehead atoms. The van der Waals surface area contributed by atoms with E-state index in [1.54, 1.807) is 23.5 Å². The molecular weight excluding hydrogens is 262 g/mol. The van der Waals surface area contributed by atoms with Crippen molar-refractivity contribution in [2.75, 3.05) is 11.1 Å². The van der Waals surface area contributed by atoms with Gasteiger partial charge in [-0.2, -0.15) is 0 Å². The van der Waals surface area contributed by atoms with Gasteiger partial charge in [0.2, 0.25) is 0 Å². The summed E-state index contributed by atoms with van der Waals surface area (Å²) >= 11 is 1.71. The van der Waals surface area contributed by atoms with Crippen molar-refractivity contribution in [3.05, 3.63) is 50.2 Å². The van der Waals surface area contributed by atoms with E-state index in [0.717, 1.165) is 11.3 Å². The lowest BCUT2D eigenvalue weighted by molar-refractivity contribution is -0.383. The van der Waals surface area contributed by atoms with Gasteiger partial charge >= 0.3 is 5.69 Å². The third-order valence-corrected chi connectivity index (χ3v) is 4.00. The van der Waals surface area contributed by atoms with Gasteiger partial charge in [-0.1, -0.05) is 13.0 Å². The molecule has 6 heteroatoms. The fourth-order valence-electron chi connectivity index (χ4n) is 1.80. The Kier molecular flexibility index (Phi) is 4.01. The van der Waals surface area contributed by atoms with Crippen LogP contribution >= 0.6 is 11.3 Å². The zero-order chi connectivity index (χ0) is 13.8. The molecule has 19 heavy (non-hydrogen) atoms. The summed E-state index contributed by atoms with van der Waals surface area (Å²) in [6.45, 7) is 2.67. The lowest BCUT2D eigenvalue weighted by Gasteiger charge is -2.07. The molecule has 1 aromatic carbocycles. The molecule has 3 N–H and O–H groups in total. The van der Waals surface area contributed by atoms with Crippen LogP contribution in [0.15, 0.2) is 30.3 Å². The minimum absolute atomic E-state index is 0.0604. The van der Waals surface area contributed by atoms with Gasteiger partial charge in [0.05, 0.1) is 4.92 Å². The van der Waals surface area contributed by atoms with Crippen molar-refractivity contribution in [3.8, 4) is 0 Å². The van der Waals surface area contributed by atoms with Gasteiger partial charge in [0, 0.05) is 16.3 Å². The second-order valence-corrected chi connectivity index (χ2v) is 5.33. The molecule has 0 amide bonds. The van der Waals surface area contributed by atoms with Crippen LogP contribution in [0, 0.1) is 10.1 Å². The SMILES string of the molecule is CCc1ccc(CNc2cccc(N)c2[N+](=O)[O-])s1. The molecule has 1 aromatic heterocycles. The van der Waals surface area contributed by atoms with Crippen molar-refractivity contribution in [2.45, 2.75) is 19.9 Å². The number of nitrogens with zero attached hydrogens (tertiary/aromatic N) is 1. The van der Waals surface area contributed by atoms with Gasteiger partial charge in [-0.25, -0.2) is 0 Å². The van der Waals surface area contributed by atoms with E-state index in [1.807, 2.05) is 6.07 Å². The molecule has 0 aliphatic carbocycles. The van der Waals surface area contributed by atoms with Crippen LogP contribution in [0.2, 0.25) is 0 Å². The van der Waals surface area contributed by atoms with Crippen LogP contribution in [0.3, 0.4) is 0 Å². The van der Waals surface area contributed by atoms with Crippen molar-refractivity contribution in [2.24, 2.45) is 0 Å². The second kappa shape index (κ2) is 5.71. The number of thiophene rings is 1. The molecule has 0 radical (unpaired) electrons. The third-order valence-electron chi connectivity index (χ3n) is 2.77. The number of nitrogens with two attached hydrogens (primary N) is 1. The van der Waals surface area contributed by atoms with Crippen LogP contribution in [-0.4, -0.2) is 4.92 Å². The number of nitro groups is 1. The Bertz CT molecular complexity index is 595. The summed E-state index contributed by atoms with van der Waals surface area (Å²) in [4.78, 5) is 13.0. The number of benzene rings is 1. The summed E-state index contributed by atoms with van der Waals surface area (Å²) in [5.74, 6) is 0. The Morgan fingerprint density at radius 1 is 1.32 bits per heavy atom. The van der Waals surface area contributed by atoms with Crippen molar-refractivity contribution in [3.63, 3.8) is 0 Å². The van der Waals surface area contributed by atoms with Crippen LogP contribution in [-0.2, 0) is 13.0 Å². The normalized spacial score (nSPS) is 10.4. The lowest BCUT2D eigenvalue weighted by atomic mass is 10.2. The molecule has 2 rings (SSSR count). The Balaban J connectivity index is 2.15. The average molecular weight is 277 g/mol. The van der Waals surface area contributed by atoms with E-state index in [2.05, 4.69) is 18.3 Å². The Labute approximate surface area is 115 Å². The number of aryl methyl sites for hydroxylation is 1. The van der Waals surface area contributed by atoms with Crippen LogP contribution in [0.4, 0.5) is 17.1 Å². The van der Waals surface area contributed by atoms with E-state index in [1.165, 1.54) is 10.9 Å². The van der Waals surface area contributed by atoms with Crippen LogP contribution in [0.25, 0.3) is 0 Å². The number of nitrogens with one attached hydrogen (secondary N) is 1. The highest BCUT2D eigenvalue weighted by molar-refractivity contribution is 7.12. The first kappa shape index (κ1) is 13.4. The summed E-state index contributed by atoms with van der Waals surface area (Å²) in [6.07, 6.45) is 1.00. The van der Waals surface area contributed by atoms with E-state index in [4.69, 9.17) is 5.73 Å². The predicted molar refractivity (Wildman–Crippen MR) is 78.5 cm³/mol. The van der Waals surface area contributed by atoms with Crippen molar-refractivity contribution in [1.29, 1.82) is 0 Å². The molecule has 1 heterocycles. The number of nitro benzene ring substituents is 1. The van der Waals surface area contributed by atoms with Gasteiger partial charge in [-0.3, -0.25) is 10.1 Å². The minimum Gasteiger partial charge on any atom is -0.393 e. The summed E-state index contributed by atoms with van der Waals surface area (Å²) in [5, 5.41) is 14.1. The summed E-state index contributed by atoms with van der Waals surface area (Å²) in [6, 6.07) is 9.02. The standard InChI is InChI=1S/C13H15N3O2S/c1-2-9-6-7-10(19-9)8-15-12-5-3-4-11(14)13(12)16(17)18/h3-7,15H,2,8,14H2,1H3. The second-order valence-electron chi connectivity index (χ2n) is 4.08. The first-order valence-corrected chi connectivity index (χ1v) is 6.77. The molecule has 0 saturated carbocycles. The highest BCUT2D eigenvalue weighted by atomic mass is 32.1. The molecule has 100 valence electrons. The number of anilines is 2. The lowest BCUT2D eigenvalue weighted by Crippen LogP contribution is -2.03. The molecule has 0 atom stereocenters. The molecular formula is C13H15N3O2S. The highest BCUT2D eigenvalue weighted by Gasteiger charge is 2.17. The topological polar surface area (TPSA) is 81.2 Å². The summed E-state index contributed by atoms with van der Waals surface area (Å²) < 4.78 is 0. The average Bonchev–Trinajstić information content (AvgIpc) is 2.83. The van der Waals surface area contributed by atoms with E-state index in [9.17, 15) is 10.1 Å². The minimum atomic E-state index is -0.455. The maximum Gasteiger partial charge on any atom is 0.314 e. The van der Waals surface area contributed by atoms with Gasteiger partial charge in [0.1, 0.15) is 11.4 Å². The largest absolute Gasteiger partial charge is 0.393 e. The van der Waals surface area contributed by atoms with E-state index < -0.39 is 4.92 Å². The van der Waals surface area contributed by atoms with E-state index in [-0.39, 0.29) is 11.4 Å². The quantitative estimate of drug-likeness (QED) is 0.498. The molecule has 0 unspecified atom stereocenters. The number of hydrogen-bond acceptors (Lipinski definition) is 5. The van der Waals surface area contributed by atoms with Gasteiger partial charge in [-0.05, 0) is 30.7 Å². The molecule has 0 aliphatic rings. The molecule has 2 aromatic rings. The van der Waals surface area contributed by atoms with Gasteiger partial charge in [0.15, 0.2) is 0 Å². The number of para-hydroxylation sites is 1. The number of nitrogen functional groups attached to an aromatic ring is 1. The molecule has 0 fully saturated rings. The van der Waals surface area contributed by atoms with Gasteiger partial charge in [-0.15, -0.1) is 11.3 Å². The fraction of sp³-hybridized carbons (Fsp3) is 0.231. The van der Waals surface area contributed by atoms with E-state index in [0.29, 0.717) is 12.2 Å². The van der Waals surface area contributed by atoms with Crippen LogP contribution in [0.1, 0.15) is 16.7 Å². The van der Waals surface area contributed by atoms with E-state index >= 15 is 0 Å². The maximum atomic E-state index is 11.0. The Morgan fingerprint density at radius 2 is 2.05 bits per heavy atom. The Morgan fingerprint density at radius 3 is 2.68 bits per heavy atom. The summed E-state index contributed by atoms with van der Waals surface area (Å²) in [5.41, 5.74) is 6.21. The molecule has 0 spiro atoms. The van der Waals surface area contributed by atoms with Crippen molar-refractivity contribution in [1.82, 2.24) is 0 Å². The third kappa shape index (κ3) is 3.03. The van der Waals surface area contributed by atoms with Gasteiger partial charge < -0.3 is 11.1 Å². The van der Waals surface area contributed by atoms with Crippen LogP contribution < -0.4 is 11.1 Å². The fourth-order valence-corrected chi connectivity index (χ4v) is 2.70. The Hall–Kier alpha value is -2.08. The van der Waals surface area contributed by atoms with Crippen molar-refractivity contribution < 1.29 is 4.92 Å². The predicted octanol–water partition coefficient (Wildman–Crippen LogP) is 3.41. The highest BCUT2D eigenvalue weighted by Crippen LogP contribution is 2.31. The smallest absolute Gasteiger partial charge is 0.314 e. The molecule has 5 nitrogen and oxygen atoms in total. The molecule has 0 saturated heterocycles. The zero-order valence-corrected chi connectivity index (χ0v) is 11.4. The number of hydrogen-bond donors (Lipinski definition) is 2. The zero-order valence-electron chi connectivity index (χ0n) is 10.6. The first-order chi connectivity index (χ1) is 9.11. The van der Waals surface area contributed by atoms with Crippen LogP contribution in [0.5, 0.6) is 0 Å². The number of rotatable bonds is 5. The first-order valence-electron chi connectivity index (χ1n) is 5.96. The van der Waals surface area contributed by atoms with Crippen molar-refractivity contribution >= 4 is 28.4 Å². The monoisotopic (exact) mass is 277 g/mol. The molecule has 0 aliphatic heterocycles. The summed E-state index contributed by atoms with van der Waals surface area (Å²) in [7, 11) is 0. The maximum absolute atomic E-state index is 11.0. The van der Waals surface area contributed by atoms with Gasteiger partial charge in [0.25, 0.3) is 0 Å².